The molecule has 0 aliphatic carbocycles. The van der Waals surface area contributed by atoms with E-state index in [0.29, 0.717) is 12.4 Å². The van der Waals surface area contributed by atoms with Crippen LogP contribution in [0.1, 0.15) is 24.3 Å². The van der Waals surface area contributed by atoms with Crippen LogP contribution in [0.15, 0.2) is 12.4 Å². The number of likely N-dealkylation sites (N-methyl/N-ethyl adjacent to an activating group) is 1. The smallest absolute Gasteiger partial charge is 0.271 e. The maximum Gasteiger partial charge on any atom is 0.271 e. The van der Waals surface area contributed by atoms with Gasteiger partial charge in [0.2, 0.25) is 0 Å². The van der Waals surface area contributed by atoms with Crippen LogP contribution in [0.2, 0.25) is 0 Å². The van der Waals surface area contributed by atoms with Crippen molar-refractivity contribution in [1.29, 1.82) is 0 Å². The number of anilines is 1. The van der Waals surface area contributed by atoms with Gasteiger partial charge in [-0.25, -0.2) is 10.8 Å². The van der Waals surface area contributed by atoms with Gasteiger partial charge < -0.3 is 15.6 Å². The number of hydrogen-bond donors (Lipinski definition) is 3. The summed E-state index contributed by atoms with van der Waals surface area (Å²) in [7, 11) is 0. The molecule has 1 aromatic heterocycles. The number of hydrogen-bond acceptors (Lipinski definition) is 6. The van der Waals surface area contributed by atoms with Crippen LogP contribution >= 0.6 is 0 Å². The molecule has 7 nitrogen and oxygen atoms in total. The van der Waals surface area contributed by atoms with Crippen molar-refractivity contribution in [3.05, 3.63) is 18.1 Å². The molecule has 0 radical (unpaired) electrons. The SMILES string of the molecule is CCN(CC)CCNC(=O)c1cncc(NN)n1. The summed E-state index contributed by atoms with van der Waals surface area (Å²) in [4.78, 5) is 21.9. The Morgan fingerprint density at radius 3 is 2.72 bits per heavy atom. The Hall–Kier alpha value is -1.73. The topological polar surface area (TPSA) is 96.2 Å². The monoisotopic (exact) mass is 252 g/mol. The third kappa shape index (κ3) is 4.27. The van der Waals surface area contributed by atoms with Crippen molar-refractivity contribution < 1.29 is 4.79 Å². The van der Waals surface area contributed by atoms with E-state index in [4.69, 9.17) is 5.84 Å². The Labute approximate surface area is 107 Å². The van der Waals surface area contributed by atoms with Crippen molar-refractivity contribution in [2.45, 2.75) is 13.8 Å². The lowest BCUT2D eigenvalue weighted by Gasteiger charge is -2.17. The zero-order chi connectivity index (χ0) is 13.4. The van der Waals surface area contributed by atoms with Crippen LogP contribution in [-0.2, 0) is 0 Å². The first-order valence-corrected chi connectivity index (χ1v) is 6.00. The van der Waals surface area contributed by atoms with Crippen LogP contribution in [0.4, 0.5) is 5.82 Å². The molecule has 0 unspecified atom stereocenters. The molecule has 0 fully saturated rings. The molecule has 100 valence electrons. The molecule has 0 bridgehead atoms. The minimum absolute atomic E-state index is 0.244. The molecule has 0 spiro atoms. The quantitative estimate of drug-likeness (QED) is 0.461. The highest BCUT2D eigenvalue weighted by Crippen LogP contribution is 1.99. The van der Waals surface area contributed by atoms with Crippen molar-refractivity contribution in [3.8, 4) is 0 Å². The van der Waals surface area contributed by atoms with Gasteiger partial charge in [-0.05, 0) is 13.1 Å². The van der Waals surface area contributed by atoms with E-state index in [9.17, 15) is 4.79 Å². The fourth-order valence-corrected chi connectivity index (χ4v) is 1.50. The lowest BCUT2D eigenvalue weighted by molar-refractivity contribution is 0.0943. The van der Waals surface area contributed by atoms with Crippen LogP contribution in [0.5, 0.6) is 0 Å². The molecule has 1 aromatic rings. The third-order valence-electron chi connectivity index (χ3n) is 2.62. The molecule has 0 aliphatic heterocycles. The summed E-state index contributed by atoms with van der Waals surface area (Å²) in [5.41, 5.74) is 2.61. The average Bonchev–Trinajstić information content (AvgIpc) is 2.43. The average molecular weight is 252 g/mol. The van der Waals surface area contributed by atoms with Crippen LogP contribution in [-0.4, -0.2) is 47.0 Å². The molecule has 18 heavy (non-hydrogen) atoms. The summed E-state index contributed by atoms with van der Waals surface area (Å²) in [5, 5.41) is 2.80. The standard InChI is InChI=1S/C11H20N6O/c1-3-17(4-2)6-5-14-11(18)9-7-13-8-10(15-9)16-12/h7-8H,3-6,12H2,1-2H3,(H,14,18)(H,15,16). The zero-order valence-electron chi connectivity index (χ0n) is 10.8. The van der Waals surface area contributed by atoms with E-state index in [1.54, 1.807) is 0 Å². The van der Waals surface area contributed by atoms with Crippen molar-refractivity contribution in [2.75, 3.05) is 31.6 Å². The predicted octanol–water partition coefficient (Wildman–Crippen LogP) is -0.166. The Balaban J connectivity index is 2.45. The van der Waals surface area contributed by atoms with Gasteiger partial charge in [-0.15, -0.1) is 0 Å². The van der Waals surface area contributed by atoms with Gasteiger partial charge in [0.25, 0.3) is 5.91 Å². The van der Waals surface area contributed by atoms with Crippen LogP contribution in [0.25, 0.3) is 0 Å². The Kier molecular flexibility index (Phi) is 6.03. The molecule has 0 saturated heterocycles. The summed E-state index contributed by atoms with van der Waals surface area (Å²) >= 11 is 0. The highest BCUT2D eigenvalue weighted by Gasteiger charge is 2.08. The third-order valence-corrected chi connectivity index (χ3v) is 2.62. The molecule has 4 N–H and O–H groups in total. The summed E-state index contributed by atoms with van der Waals surface area (Å²) < 4.78 is 0. The normalized spacial score (nSPS) is 10.4. The number of carbonyl (C=O) groups is 1. The molecule has 0 atom stereocenters. The van der Waals surface area contributed by atoms with E-state index in [-0.39, 0.29) is 11.6 Å². The van der Waals surface area contributed by atoms with Gasteiger partial charge in [0.05, 0.1) is 12.4 Å². The number of nitrogens with two attached hydrogens (primary N) is 1. The molecule has 1 heterocycles. The van der Waals surface area contributed by atoms with Gasteiger partial charge in [-0.3, -0.25) is 9.78 Å². The number of hydrazine groups is 1. The number of nitrogen functional groups attached to an aromatic ring is 1. The van der Waals surface area contributed by atoms with E-state index in [1.807, 2.05) is 0 Å². The largest absolute Gasteiger partial charge is 0.349 e. The van der Waals surface area contributed by atoms with Gasteiger partial charge in [0.1, 0.15) is 5.69 Å². The maximum absolute atomic E-state index is 11.8. The molecular weight excluding hydrogens is 232 g/mol. The number of nitrogens with zero attached hydrogens (tertiary/aromatic N) is 3. The van der Waals surface area contributed by atoms with Gasteiger partial charge in [0, 0.05) is 13.1 Å². The first kappa shape index (κ1) is 14.3. The maximum atomic E-state index is 11.8. The van der Waals surface area contributed by atoms with Crippen molar-refractivity contribution in [1.82, 2.24) is 20.2 Å². The number of carbonyl (C=O) groups excluding carboxylic acids is 1. The second-order valence-electron chi connectivity index (χ2n) is 3.72. The van der Waals surface area contributed by atoms with Crippen molar-refractivity contribution in [3.63, 3.8) is 0 Å². The summed E-state index contributed by atoms with van der Waals surface area (Å²) in [6.45, 7) is 7.53. The molecule has 0 aliphatic rings. The molecule has 0 saturated carbocycles. The van der Waals surface area contributed by atoms with Gasteiger partial charge in [-0.2, -0.15) is 0 Å². The van der Waals surface area contributed by atoms with Crippen molar-refractivity contribution in [2.24, 2.45) is 5.84 Å². The van der Waals surface area contributed by atoms with E-state index < -0.39 is 0 Å². The lowest BCUT2D eigenvalue weighted by atomic mass is 10.4. The molecular formula is C11H20N6O. The fraction of sp³-hybridized carbons (Fsp3) is 0.545. The van der Waals surface area contributed by atoms with Gasteiger partial charge in [0.15, 0.2) is 5.82 Å². The predicted molar refractivity (Wildman–Crippen MR) is 70.0 cm³/mol. The van der Waals surface area contributed by atoms with Crippen LogP contribution < -0.4 is 16.6 Å². The number of amides is 1. The first-order chi connectivity index (χ1) is 8.71. The molecule has 7 heteroatoms. The molecule has 1 rings (SSSR count). The molecule has 1 amide bonds. The van der Waals surface area contributed by atoms with Crippen LogP contribution in [0.3, 0.4) is 0 Å². The van der Waals surface area contributed by atoms with Crippen LogP contribution in [0, 0.1) is 0 Å². The minimum Gasteiger partial charge on any atom is -0.349 e. The first-order valence-electron chi connectivity index (χ1n) is 6.00. The second kappa shape index (κ2) is 7.57. The van der Waals surface area contributed by atoms with Gasteiger partial charge in [-0.1, -0.05) is 13.8 Å². The van der Waals surface area contributed by atoms with E-state index in [1.165, 1.54) is 12.4 Å². The van der Waals surface area contributed by atoms with E-state index in [0.717, 1.165) is 19.6 Å². The molecule has 0 aromatic carbocycles. The highest BCUT2D eigenvalue weighted by molar-refractivity contribution is 5.92. The number of nitrogens with one attached hydrogen (secondary N) is 2. The fourth-order valence-electron chi connectivity index (χ4n) is 1.50. The number of rotatable bonds is 7. The second-order valence-corrected chi connectivity index (χ2v) is 3.72. The Bertz CT molecular complexity index is 380. The van der Waals surface area contributed by atoms with E-state index in [2.05, 4.69) is 39.5 Å². The summed E-state index contributed by atoms with van der Waals surface area (Å²) in [5.74, 6) is 5.33. The zero-order valence-corrected chi connectivity index (χ0v) is 10.8. The summed E-state index contributed by atoms with van der Waals surface area (Å²) in [6, 6.07) is 0. The van der Waals surface area contributed by atoms with Gasteiger partial charge >= 0.3 is 0 Å². The Morgan fingerprint density at radius 2 is 2.11 bits per heavy atom. The lowest BCUT2D eigenvalue weighted by Crippen LogP contribution is -2.35. The minimum atomic E-state index is -0.244. The van der Waals surface area contributed by atoms with Crippen molar-refractivity contribution >= 4 is 11.7 Å². The summed E-state index contributed by atoms with van der Waals surface area (Å²) in [6.07, 6.45) is 2.86. The Morgan fingerprint density at radius 1 is 1.39 bits per heavy atom. The number of aromatic nitrogens is 2. The highest BCUT2D eigenvalue weighted by atomic mass is 16.1. The van der Waals surface area contributed by atoms with E-state index >= 15 is 0 Å².